The summed E-state index contributed by atoms with van der Waals surface area (Å²) >= 11 is 0. The lowest BCUT2D eigenvalue weighted by molar-refractivity contribution is -0.374. The van der Waals surface area contributed by atoms with Gasteiger partial charge in [-0.1, -0.05) is 26.8 Å². The molecule has 16 heteroatoms. The number of fused-ring (bicyclic) bond motifs is 2. The van der Waals surface area contributed by atoms with Gasteiger partial charge in [-0.25, -0.2) is 9.59 Å². The summed E-state index contributed by atoms with van der Waals surface area (Å²) in [6.45, 7) is 9.97. The second-order valence-corrected chi connectivity index (χ2v) is 20.1. The number of carboxylic acids is 1. The van der Waals surface area contributed by atoms with Gasteiger partial charge in [0.25, 0.3) is 0 Å². The average molecular weight is 837 g/mol. The first-order valence-corrected chi connectivity index (χ1v) is 21.6. The third-order valence-corrected chi connectivity index (χ3v) is 18.1. The van der Waals surface area contributed by atoms with E-state index >= 15 is 0 Å². The highest BCUT2D eigenvalue weighted by atomic mass is 16.8. The van der Waals surface area contributed by atoms with Crippen LogP contribution in [0.15, 0.2) is 11.6 Å². The van der Waals surface area contributed by atoms with Gasteiger partial charge in [-0.15, -0.1) is 0 Å². The summed E-state index contributed by atoms with van der Waals surface area (Å²) in [5.74, 6) is -1.59. The number of carbonyl (C=O) groups excluding carboxylic acids is 2. The molecule has 59 heavy (non-hydrogen) atoms. The van der Waals surface area contributed by atoms with Gasteiger partial charge in [-0.3, -0.25) is 4.79 Å². The van der Waals surface area contributed by atoms with Crippen LogP contribution in [0, 0.1) is 50.7 Å². The molecule has 0 bridgehead atoms. The van der Waals surface area contributed by atoms with Crippen LogP contribution in [0.25, 0.3) is 0 Å². The van der Waals surface area contributed by atoms with E-state index in [-0.39, 0.29) is 45.6 Å². The van der Waals surface area contributed by atoms with Crippen molar-refractivity contribution in [3.63, 3.8) is 0 Å². The van der Waals surface area contributed by atoms with Crippen molar-refractivity contribution in [1.29, 1.82) is 0 Å². The van der Waals surface area contributed by atoms with E-state index < -0.39 is 91.5 Å². The number of carboxylic acid groups (broad SMARTS) is 1. The number of esters is 2. The Kier molecular flexibility index (Phi) is 11.0. The van der Waals surface area contributed by atoms with E-state index in [0.717, 1.165) is 52.1 Å². The second kappa shape index (κ2) is 14.9. The number of hydrogen-bond acceptors (Lipinski definition) is 15. The van der Waals surface area contributed by atoms with Crippen molar-refractivity contribution in [2.24, 2.45) is 50.7 Å². The minimum absolute atomic E-state index is 0.0214. The van der Waals surface area contributed by atoms with Crippen molar-refractivity contribution < 1.29 is 78.6 Å². The molecular formula is C43H64O16. The van der Waals surface area contributed by atoms with E-state index in [0.29, 0.717) is 36.7 Å². The van der Waals surface area contributed by atoms with Crippen molar-refractivity contribution in [3.8, 4) is 0 Å². The molecule has 16 nitrogen and oxygen atoms in total. The van der Waals surface area contributed by atoms with Crippen molar-refractivity contribution >= 4 is 17.9 Å². The van der Waals surface area contributed by atoms with Crippen molar-refractivity contribution in [2.75, 3.05) is 13.7 Å². The van der Waals surface area contributed by atoms with Crippen LogP contribution in [0.1, 0.15) is 98.8 Å². The second-order valence-electron chi connectivity index (χ2n) is 20.1. The van der Waals surface area contributed by atoms with Gasteiger partial charge in [0.15, 0.2) is 18.7 Å². The fourth-order valence-corrected chi connectivity index (χ4v) is 14.6. The number of ether oxygens (including phenoxy) is 6. The first kappa shape index (κ1) is 43.4. The Morgan fingerprint density at radius 1 is 0.831 bits per heavy atom. The van der Waals surface area contributed by atoms with Crippen LogP contribution < -0.4 is 0 Å². The number of cyclic esters (lactones) is 1. The highest BCUT2D eigenvalue weighted by Crippen LogP contribution is 2.89. The van der Waals surface area contributed by atoms with Crippen LogP contribution in [0.5, 0.6) is 0 Å². The average Bonchev–Trinajstić information content (AvgIpc) is 3.80. The largest absolute Gasteiger partial charge is 0.481 e. The van der Waals surface area contributed by atoms with Crippen LogP contribution in [0.2, 0.25) is 0 Å². The van der Waals surface area contributed by atoms with Gasteiger partial charge in [0.05, 0.1) is 25.2 Å². The highest BCUT2D eigenvalue weighted by Gasteiger charge is 2.83. The number of methoxy groups -OCH3 is 1. The summed E-state index contributed by atoms with van der Waals surface area (Å²) in [5.41, 5.74) is -0.943. The molecule has 8 rings (SSSR count). The molecule has 0 radical (unpaired) electrons. The molecule has 5 aliphatic carbocycles. The van der Waals surface area contributed by atoms with E-state index in [4.69, 9.17) is 23.7 Å². The third kappa shape index (κ3) is 6.08. The maximum Gasteiger partial charge on any atom is 0.337 e. The molecule has 7 N–H and O–H groups in total. The Bertz CT molecular complexity index is 1710. The SMILES string of the molecule is COC(=O)[C@H]1O[C@@H](O[C@H]2[C@H](O[C@H]3CC[C@]45C[C@]46CC[C@]4(C)[C@@H]([C@H](C)[C@@H]7CC=C(C)C(=O)O7)CC[C@@]4(C)[C@@H]6CC[C@@H]5[C@]3(C)C(=O)O)O[C@H](CO)[C@@H](O)[C@@H]2O)[C@H](O)[C@@H](O)[C@@H]1O. The predicted octanol–water partition coefficient (Wildman–Crippen LogP) is 1.58. The molecule has 332 valence electrons. The Morgan fingerprint density at radius 2 is 1.53 bits per heavy atom. The molecular weight excluding hydrogens is 772 g/mol. The van der Waals surface area contributed by atoms with Crippen LogP contribution in [-0.4, -0.2) is 141 Å². The third-order valence-electron chi connectivity index (χ3n) is 18.1. The number of aliphatic carboxylic acids is 1. The maximum atomic E-state index is 13.7. The van der Waals surface area contributed by atoms with Gasteiger partial charge in [-0.05, 0) is 117 Å². The van der Waals surface area contributed by atoms with Crippen LogP contribution >= 0.6 is 0 Å². The first-order valence-electron chi connectivity index (χ1n) is 21.6. The number of aliphatic hydroxyl groups is 6. The number of hydrogen-bond donors (Lipinski definition) is 7. The smallest absolute Gasteiger partial charge is 0.337 e. The van der Waals surface area contributed by atoms with Crippen LogP contribution in [0.4, 0.5) is 0 Å². The monoisotopic (exact) mass is 836 g/mol. The number of rotatable bonds is 9. The molecule has 0 aromatic heterocycles. The molecule has 2 spiro atoms. The maximum absolute atomic E-state index is 13.7. The summed E-state index contributed by atoms with van der Waals surface area (Å²) in [7, 11) is 1.04. The molecule has 0 amide bonds. The van der Waals surface area contributed by atoms with Gasteiger partial charge >= 0.3 is 17.9 Å². The van der Waals surface area contributed by atoms with Gasteiger partial charge in [0.2, 0.25) is 0 Å². The molecule has 3 aliphatic heterocycles. The molecule has 0 aromatic carbocycles. The number of aliphatic hydroxyl groups excluding tert-OH is 6. The molecule has 0 unspecified atom stereocenters. The normalized spacial score (nSPS) is 53.4. The van der Waals surface area contributed by atoms with E-state index in [9.17, 15) is 50.1 Å². The van der Waals surface area contributed by atoms with Gasteiger partial charge in [0, 0.05) is 12.0 Å². The van der Waals surface area contributed by atoms with E-state index in [1.165, 1.54) is 0 Å². The zero-order valence-electron chi connectivity index (χ0n) is 34.9. The Balaban J connectivity index is 1.04. The lowest BCUT2D eigenvalue weighted by Crippen LogP contribution is -2.66. The molecule has 5 saturated carbocycles. The topological polar surface area (TPSA) is 248 Å². The highest BCUT2D eigenvalue weighted by molar-refractivity contribution is 5.88. The summed E-state index contributed by atoms with van der Waals surface area (Å²) in [5, 5.41) is 75.3. The van der Waals surface area contributed by atoms with Crippen LogP contribution in [0.3, 0.4) is 0 Å². The van der Waals surface area contributed by atoms with Crippen molar-refractivity contribution in [2.45, 2.75) is 172 Å². The summed E-state index contributed by atoms with van der Waals surface area (Å²) in [6, 6.07) is 0. The zero-order valence-corrected chi connectivity index (χ0v) is 34.9. The molecule has 21 atom stereocenters. The van der Waals surface area contributed by atoms with E-state index in [1.807, 2.05) is 6.08 Å². The lowest BCUT2D eigenvalue weighted by atomic mass is 9.41. The fraction of sp³-hybridized carbons (Fsp3) is 0.884. The molecule has 2 saturated heterocycles. The number of carbonyl (C=O) groups is 3. The molecule has 0 aromatic rings. The van der Waals surface area contributed by atoms with Gasteiger partial charge < -0.3 is 64.2 Å². The standard InChI is InChI=1S/C43H64O16/c1-19-7-8-22(55-34(19)50)20(2)21-11-13-40(4)24-9-10-25-41(5,38(52)53)26(12-14-42(25)18-43(24,42)16-15-39(21,40)3)57-37-33(29(47)27(45)23(17-44)56-37)59-36-31(49)28(46)30(48)32(58-36)35(51)54-6/h7,20-33,36-37,44-49H,8-18H2,1-6H3,(H,52,53)/t20-,21+,22-,23+,24-,25+,26-,27+,28-,29-,30-,31+,32-,33+,36-,37-,39+,40-,41-,42+,43-/m0/s1. The van der Waals surface area contributed by atoms with Crippen molar-refractivity contribution in [3.05, 3.63) is 11.6 Å². The minimum Gasteiger partial charge on any atom is -0.481 e. The Labute approximate surface area is 344 Å². The van der Waals surface area contributed by atoms with Crippen molar-refractivity contribution in [1.82, 2.24) is 0 Å². The van der Waals surface area contributed by atoms with E-state index in [1.54, 1.807) is 13.8 Å². The van der Waals surface area contributed by atoms with Gasteiger partial charge in [0.1, 0.15) is 48.8 Å². The lowest BCUT2D eigenvalue weighted by Gasteiger charge is -2.63. The first-order chi connectivity index (χ1) is 27.8. The van der Waals surface area contributed by atoms with Gasteiger partial charge in [-0.2, -0.15) is 0 Å². The van der Waals surface area contributed by atoms with Crippen LogP contribution in [-0.2, 0) is 42.8 Å². The zero-order chi connectivity index (χ0) is 42.8. The predicted molar refractivity (Wildman–Crippen MR) is 202 cm³/mol. The summed E-state index contributed by atoms with van der Waals surface area (Å²) in [4.78, 5) is 38.6. The fourth-order valence-electron chi connectivity index (χ4n) is 14.6. The molecule has 3 heterocycles. The van der Waals surface area contributed by atoms with E-state index in [2.05, 4.69) is 25.5 Å². The molecule has 8 aliphatic rings. The Hall–Kier alpha value is -2.25. The Morgan fingerprint density at radius 3 is 2.19 bits per heavy atom. The summed E-state index contributed by atoms with van der Waals surface area (Å²) < 4.78 is 34.6. The quantitative estimate of drug-likeness (QED) is 0.129. The minimum atomic E-state index is -1.93. The summed E-state index contributed by atoms with van der Waals surface area (Å²) in [6.07, 6.45) is -8.24. The molecule has 7 fully saturated rings.